The van der Waals surface area contributed by atoms with Crippen molar-refractivity contribution in [1.29, 1.82) is 0 Å². The molecular weight excluding hydrogens is 89.8 g/mol. The first-order valence-corrected chi connectivity index (χ1v) is 2.56. The molecule has 0 unspecified atom stereocenters. The molecule has 0 aromatic carbocycles. The minimum atomic E-state index is 0. The van der Waals surface area contributed by atoms with Crippen molar-refractivity contribution < 1.29 is 18.9 Å². The van der Waals surface area contributed by atoms with Crippen LogP contribution >= 0.6 is 0 Å². The van der Waals surface area contributed by atoms with Gasteiger partial charge >= 0.3 is 18.9 Å². The maximum atomic E-state index is 2.39. The molecule has 0 radical (unpaired) electrons. The summed E-state index contributed by atoms with van der Waals surface area (Å²) in [5, 5.41) is 0.800. The largest absolute Gasteiger partial charge is 1.00 e. The summed E-state index contributed by atoms with van der Waals surface area (Å²) in [6.45, 7) is 7.04. The van der Waals surface area contributed by atoms with E-state index in [9.17, 15) is 0 Å². The molecule has 0 N–H and O–H groups in total. The molecule has 0 bridgehead atoms. The van der Waals surface area contributed by atoms with Crippen LogP contribution in [0.3, 0.4) is 0 Å². The minimum absolute atomic E-state index is 0. The molecule has 0 aliphatic carbocycles. The van der Waals surface area contributed by atoms with E-state index in [2.05, 4.69) is 20.8 Å². The first-order valence-electron chi connectivity index (χ1n) is 2.56. The van der Waals surface area contributed by atoms with Gasteiger partial charge < -0.3 is 0 Å². The maximum Gasteiger partial charge on any atom is 1.00 e. The van der Waals surface area contributed by atoms with E-state index in [4.69, 9.17) is 0 Å². The SMILES string of the molecule is [BH3-]C(C)(C)CCC.[Li+]. The number of hydrogen-bond acceptors (Lipinski definition) is 0. The Morgan fingerprint density at radius 1 is 1.38 bits per heavy atom. The molecule has 0 nitrogen and oxygen atoms in total. The van der Waals surface area contributed by atoms with Crippen molar-refractivity contribution in [3.05, 3.63) is 0 Å². The molecule has 0 fully saturated rings. The Balaban J connectivity index is 0. The molecular formula is C6H16BLi. The van der Waals surface area contributed by atoms with Crippen molar-refractivity contribution >= 4 is 7.85 Å². The quantitative estimate of drug-likeness (QED) is 0.370. The van der Waals surface area contributed by atoms with E-state index in [1.165, 1.54) is 12.8 Å². The maximum absolute atomic E-state index is 2.39. The first-order chi connectivity index (χ1) is 3.06. The van der Waals surface area contributed by atoms with Crippen LogP contribution in [0.1, 0.15) is 33.6 Å². The zero-order chi connectivity index (χ0) is 5.91. The Morgan fingerprint density at radius 3 is 1.75 bits per heavy atom. The van der Waals surface area contributed by atoms with E-state index in [0.29, 0.717) is 7.85 Å². The molecule has 0 aliphatic rings. The van der Waals surface area contributed by atoms with E-state index in [1.807, 2.05) is 0 Å². The van der Waals surface area contributed by atoms with Gasteiger partial charge in [-0.3, -0.25) is 0 Å². The Labute approximate surface area is 66.0 Å². The number of rotatable bonds is 2. The summed E-state index contributed by atoms with van der Waals surface area (Å²) in [5.74, 6) is 0. The third kappa shape index (κ3) is 9.83. The molecule has 0 spiro atoms. The fourth-order valence-electron chi connectivity index (χ4n) is 0.500. The third-order valence-electron chi connectivity index (χ3n) is 0.750. The van der Waals surface area contributed by atoms with Crippen LogP contribution in [-0.2, 0) is 0 Å². The van der Waals surface area contributed by atoms with Gasteiger partial charge in [-0.25, -0.2) is 0 Å². The van der Waals surface area contributed by atoms with Gasteiger partial charge in [-0.05, 0) is 7.85 Å². The summed E-state index contributed by atoms with van der Waals surface area (Å²) < 4.78 is 0. The average molecular weight is 106 g/mol. The van der Waals surface area contributed by atoms with Crippen molar-refractivity contribution in [2.75, 3.05) is 0 Å². The van der Waals surface area contributed by atoms with Gasteiger partial charge in [0.2, 0.25) is 0 Å². The standard InChI is InChI=1S/C6H16B.Li/c1-4-5-6(2,3)7;/h4-5H2,1-3,7H3;/q-1;+1. The summed E-state index contributed by atoms with van der Waals surface area (Å²) >= 11 is 0. The second kappa shape index (κ2) is 4.53. The molecule has 0 saturated heterocycles. The first kappa shape index (κ1) is 11.5. The van der Waals surface area contributed by atoms with Gasteiger partial charge in [-0.1, -0.05) is 33.6 Å². The molecule has 0 aromatic rings. The topological polar surface area (TPSA) is 0 Å². The molecule has 0 rings (SSSR count). The monoisotopic (exact) mass is 106 g/mol. The van der Waals surface area contributed by atoms with Gasteiger partial charge in [-0.2, -0.15) is 5.31 Å². The Kier molecular flexibility index (Phi) is 6.49. The van der Waals surface area contributed by atoms with Crippen molar-refractivity contribution in [2.45, 2.75) is 38.9 Å². The fraction of sp³-hybridized carbons (Fsp3) is 1.00. The van der Waals surface area contributed by atoms with E-state index in [0.717, 1.165) is 5.31 Å². The van der Waals surface area contributed by atoms with Crippen LogP contribution in [0.4, 0.5) is 0 Å². The van der Waals surface area contributed by atoms with Crippen LogP contribution in [0.15, 0.2) is 0 Å². The molecule has 2 heteroatoms. The Hall–Kier alpha value is 0.662. The predicted molar refractivity (Wildman–Crippen MR) is 38.9 cm³/mol. The zero-order valence-corrected chi connectivity index (χ0v) is 5.91. The molecule has 0 aromatic heterocycles. The number of hydrogen-bond donors (Lipinski definition) is 0. The van der Waals surface area contributed by atoms with Crippen LogP contribution in [0.25, 0.3) is 0 Å². The predicted octanol–water partition coefficient (Wildman–Crippen LogP) is -1.65. The van der Waals surface area contributed by atoms with Crippen LogP contribution in [0.5, 0.6) is 0 Å². The Bertz CT molecular complexity index is 47.0. The van der Waals surface area contributed by atoms with E-state index < -0.39 is 0 Å². The van der Waals surface area contributed by atoms with E-state index >= 15 is 0 Å². The normalized spacial score (nSPS) is 10.5. The van der Waals surface area contributed by atoms with Crippen LogP contribution < -0.4 is 18.9 Å². The van der Waals surface area contributed by atoms with Crippen molar-refractivity contribution in [3.8, 4) is 0 Å². The van der Waals surface area contributed by atoms with Gasteiger partial charge in [-0.15, -0.1) is 0 Å². The molecule has 0 atom stereocenters. The summed E-state index contributed by atoms with van der Waals surface area (Å²) in [6, 6.07) is 0. The van der Waals surface area contributed by atoms with Gasteiger partial charge in [0.15, 0.2) is 0 Å². The van der Waals surface area contributed by atoms with E-state index in [-0.39, 0.29) is 18.9 Å². The van der Waals surface area contributed by atoms with Gasteiger partial charge in [0.25, 0.3) is 0 Å². The summed E-state index contributed by atoms with van der Waals surface area (Å²) in [5.41, 5.74) is 0. The van der Waals surface area contributed by atoms with Crippen LogP contribution in [-0.4, -0.2) is 7.85 Å². The summed E-state index contributed by atoms with van der Waals surface area (Å²) in [6.07, 6.45) is 2.82. The molecule has 0 amide bonds. The van der Waals surface area contributed by atoms with Gasteiger partial charge in [0.05, 0.1) is 0 Å². The van der Waals surface area contributed by atoms with Crippen LogP contribution in [0, 0.1) is 0 Å². The third-order valence-corrected chi connectivity index (χ3v) is 0.750. The summed E-state index contributed by atoms with van der Waals surface area (Å²) in [7, 11) is 0.588. The average Bonchev–Trinajstić information content (AvgIpc) is 1.30. The van der Waals surface area contributed by atoms with Crippen molar-refractivity contribution in [2.24, 2.45) is 0 Å². The van der Waals surface area contributed by atoms with E-state index in [1.54, 1.807) is 0 Å². The molecule has 8 heavy (non-hydrogen) atoms. The molecule has 0 heterocycles. The second-order valence-electron chi connectivity index (χ2n) is 1.96. The minimum Gasteiger partial charge on any atom is -0.170 e. The van der Waals surface area contributed by atoms with Gasteiger partial charge in [0, 0.05) is 0 Å². The molecule has 0 aliphatic heterocycles. The second-order valence-corrected chi connectivity index (χ2v) is 1.96. The van der Waals surface area contributed by atoms with Crippen molar-refractivity contribution in [1.82, 2.24) is 0 Å². The van der Waals surface area contributed by atoms with Crippen LogP contribution in [0.2, 0.25) is 5.31 Å². The van der Waals surface area contributed by atoms with Gasteiger partial charge in [0.1, 0.15) is 0 Å². The zero-order valence-electron chi connectivity index (χ0n) is 5.91. The van der Waals surface area contributed by atoms with Crippen molar-refractivity contribution in [3.63, 3.8) is 0 Å². The molecule has 0 saturated carbocycles. The Morgan fingerprint density at radius 2 is 1.75 bits per heavy atom. The fourth-order valence-corrected chi connectivity index (χ4v) is 0.500. The molecule has 44 valence electrons. The summed E-state index contributed by atoms with van der Waals surface area (Å²) in [4.78, 5) is 0. The smallest absolute Gasteiger partial charge is 0.170 e.